The summed E-state index contributed by atoms with van der Waals surface area (Å²) < 4.78 is 0. The molecule has 15 heavy (non-hydrogen) atoms. The van der Waals surface area contributed by atoms with Crippen LogP contribution < -0.4 is 0 Å². The van der Waals surface area contributed by atoms with E-state index in [4.69, 9.17) is 5.11 Å². The fourth-order valence-corrected chi connectivity index (χ4v) is 1.26. The van der Waals surface area contributed by atoms with Crippen LogP contribution in [-0.2, 0) is 0 Å². The van der Waals surface area contributed by atoms with Gasteiger partial charge in [-0.05, 0) is 30.7 Å². The van der Waals surface area contributed by atoms with Crippen molar-refractivity contribution in [2.45, 2.75) is 6.92 Å². The topological polar surface area (TPSA) is 60.8 Å². The second-order valence-electron chi connectivity index (χ2n) is 3.45. The van der Waals surface area contributed by atoms with E-state index in [1.165, 1.54) is 11.0 Å². The van der Waals surface area contributed by atoms with Gasteiger partial charge in [0.1, 0.15) is 5.75 Å². The highest BCUT2D eigenvalue weighted by molar-refractivity contribution is 5.94. The maximum atomic E-state index is 11.7. The van der Waals surface area contributed by atoms with Crippen LogP contribution in [0, 0.1) is 6.92 Å². The van der Waals surface area contributed by atoms with E-state index in [2.05, 4.69) is 0 Å². The minimum absolute atomic E-state index is 0.0562. The number of aliphatic hydroxyl groups excluding tert-OH is 1. The van der Waals surface area contributed by atoms with Crippen molar-refractivity contribution in [3.05, 3.63) is 29.3 Å². The Morgan fingerprint density at radius 1 is 1.47 bits per heavy atom. The number of carbonyl (C=O) groups is 1. The number of amides is 1. The normalized spacial score (nSPS) is 10.1. The number of aliphatic hydroxyl groups is 1. The first-order valence-corrected chi connectivity index (χ1v) is 4.72. The predicted octanol–water partition coefficient (Wildman–Crippen LogP) is 0.765. The largest absolute Gasteiger partial charge is 0.508 e. The molecule has 0 aliphatic carbocycles. The van der Waals surface area contributed by atoms with Gasteiger partial charge < -0.3 is 15.1 Å². The van der Waals surface area contributed by atoms with Crippen LogP contribution in [0.15, 0.2) is 18.2 Å². The van der Waals surface area contributed by atoms with E-state index in [0.29, 0.717) is 17.7 Å². The molecule has 0 saturated carbocycles. The summed E-state index contributed by atoms with van der Waals surface area (Å²) in [6.45, 7) is 1.98. The Morgan fingerprint density at radius 2 is 2.13 bits per heavy atom. The third-order valence-electron chi connectivity index (χ3n) is 2.23. The lowest BCUT2D eigenvalue weighted by atomic mass is 10.1. The van der Waals surface area contributed by atoms with Gasteiger partial charge in [0, 0.05) is 19.2 Å². The Bertz CT molecular complexity index is 363. The first-order valence-electron chi connectivity index (χ1n) is 4.72. The lowest BCUT2D eigenvalue weighted by molar-refractivity contribution is 0.0767. The molecule has 0 aromatic heterocycles. The summed E-state index contributed by atoms with van der Waals surface area (Å²) in [5.74, 6) is 0.0171. The molecule has 0 radical (unpaired) electrons. The number of aromatic hydroxyl groups is 1. The van der Waals surface area contributed by atoms with Gasteiger partial charge in [0.15, 0.2) is 0 Å². The molecule has 0 atom stereocenters. The summed E-state index contributed by atoms with van der Waals surface area (Å²) in [5, 5.41) is 18.0. The summed E-state index contributed by atoms with van der Waals surface area (Å²) in [4.78, 5) is 13.2. The molecule has 0 saturated heterocycles. The van der Waals surface area contributed by atoms with Gasteiger partial charge in [-0.3, -0.25) is 4.79 Å². The number of aryl methyl sites for hydroxylation is 1. The van der Waals surface area contributed by atoms with Crippen molar-refractivity contribution in [1.29, 1.82) is 0 Å². The summed E-state index contributed by atoms with van der Waals surface area (Å²) >= 11 is 0. The minimum atomic E-state index is -0.160. The van der Waals surface area contributed by atoms with Crippen LogP contribution in [0.4, 0.5) is 0 Å². The average molecular weight is 209 g/mol. The van der Waals surface area contributed by atoms with Gasteiger partial charge in [0.2, 0.25) is 0 Å². The first kappa shape index (κ1) is 11.5. The molecule has 4 nitrogen and oxygen atoms in total. The van der Waals surface area contributed by atoms with Crippen molar-refractivity contribution in [2.75, 3.05) is 20.2 Å². The second kappa shape index (κ2) is 4.79. The fourth-order valence-electron chi connectivity index (χ4n) is 1.26. The Labute approximate surface area is 88.8 Å². The van der Waals surface area contributed by atoms with E-state index in [-0.39, 0.29) is 18.3 Å². The summed E-state index contributed by atoms with van der Waals surface area (Å²) in [6, 6.07) is 4.69. The lowest BCUT2D eigenvalue weighted by Crippen LogP contribution is -2.29. The molecule has 4 heteroatoms. The number of phenolic OH excluding ortho intramolecular Hbond substituents is 1. The molecule has 0 heterocycles. The maximum absolute atomic E-state index is 11.7. The molecule has 0 aliphatic heterocycles. The van der Waals surface area contributed by atoms with Crippen LogP contribution >= 0.6 is 0 Å². The van der Waals surface area contributed by atoms with Crippen molar-refractivity contribution in [3.8, 4) is 5.75 Å². The Balaban J connectivity index is 2.87. The average Bonchev–Trinajstić information content (AvgIpc) is 2.21. The van der Waals surface area contributed by atoms with E-state index in [9.17, 15) is 9.90 Å². The Kier molecular flexibility index (Phi) is 3.68. The number of phenols is 1. The zero-order chi connectivity index (χ0) is 11.4. The minimum Gasteiger partial charge on any atom is -0.508 e. The van der Waals surface area contributed by atoms with Crippen LogP contribution in [0.5, 0.6) is 5.75 Å². The maximum Gasteiger partial charge on any atom is 0.253 e. The van der Waals surface area contributed by atoms with E-state index >= 15 is 0 Å². The number of likely N-dealkylation sites (N-methyl/N-ethyl adjacent to an activating group) is 1. The number of nitrogens with zero attached hydrogens (tertiary/aromatic N) is 1. The zero-order valence-electron chi connectivity index (χ0n) is 8.90. The summed E-state index contributed by atoms with van der Waals surface area (Å²) in [5.41, 5.74) is 1.18. The molecule has 0 bridgehead atoms. The molecule has 82 valence electrons. The third-order valence-corrected chi connectivity index (χ3v) is 2.23. The van der Waals surface area contributed by atoms with Gasteiger partial charge in [-0.15, -0.1) is 0 Å². The summed E-state index contributed by atoms with van der Waals surface area (Å²) in [6.07, 6.45) is 0. The SMILES string of the molecule is Cc1cc(C(=O)N(C)CCO)ccc1O. The zero-order valence-corrected chi connectivity index (χ0v) is 8.90. The smallest absolute Gasteiger partial charge is 0.253 e. The van der Waals surface area contributed by atoms with Crippen molar-refractivity contribution in [3.63, 3.8) is 0 Å². The van der Waals surface area contributed by atoms with Crippen LogP contribution in [0.3, 0.4) is 0 Å². The molecule has 0 fully saturated rings. The number of benzene rings is 1. The standard InChI is InChI=1S/C11H15NO3/c1-8-7-9(3-4-10(8)14)11(15)12(2)5-6-13/h3-4,7,13-14H,5-6H2,1-2H3. The summed E-state index contributed by atoms with van der Waals surface area (Å²) in [7, 11) is 1.63. The number of hydrogen-bond donors (Lipinski definition) is 2. The molecule has 1 aromatic carbocycles. The molecule has 1 aromatic rings. The highest BCUT2D eigenvalue weighted by atomic mass is 16.3. The van der Waals surface area contributed by atoms with E-state index in [0.717, 1.165) is 0 Å². The number of rotatable bonds is 3. The quantitative estimate of drug-likeness (QED) is 0.772. The fraction of sp³-hybridized carbons (Fsp3) is 0.364. The number of carbonyl (C=O) groups excluding carboxylic acids is 1. The van der Waals surface area contributed by atoms with Crippen LogP contribution in [-0.4, -0.2) is 41.2 Å². The monoisotopic (exact) mass is 209 g/mol. The molecule has 2 N–H and O–H groups in total. The van der Waals surface area contributed by atoms with Crippen molar-refractivity contribution in [1.82, 2.24) is 4.90 Å². The van der Waals surface area contributed by atoms with Gasteiger partial charge in [0.25, 0.3) is 5.91 Å². The molecule has 0 spiro atoms. The van der Waals surface area contributed by atoms with Gasteiger partial charge in [0.05, 0.1) is 6.61 Å². The highest BCUT2D eigenvalue weighted by Crippen LogP contribution is 2.17. The van der Waals surface area contributed by atoms with Crippen LogP contribution in [0.2, 0.25) is 0 Å². The number of hydrogen-bond acceptors (Lipinski definition) is 3. The van der Waals surface area contributed by atoms with Crippen molar-refractivity contribution >= 4 is 5.91 Å². The molecular weight excluding hydrogens is 194 g/mol. The van der Waals surface area contributed by atoms with Gasteiger partial charge in [-0.25, -0.2) is 0 Å². The Morgan fingerprint density at radius 3 is 2.67 bits per heavy atom. The second-order valence-corrected chi connectivity index (χ2v) is 3.45. The van der Waals surface area contributed by atoms with Gasteiger partial charge >= 0.3 is 0 Å². The first-order chi connectivity index (χ1) is 7.06. The van der Waals surface area contributed by atoms with E-state index in [1.54, 1.807) is 26.1 Å². The van der Waals surface area contributed by atoms with Crippen LogP contribution in [0.25, 0.3) is 0 Å². The lowest BCUT2D eigenvalue weighted by Gasteiger charge is -2.15. The molecular formula is C11H15NO3. The molecule has 0 aliphatic rings. The Hall–Kier alpha value is -1.55. The van der Waals surface area contributed by atoms with Gasteiger partial charge in [-0.2, -0.15) is 0 Å². The molecule has 0 unspecified atom stereocenters. The van der Waals surface area contributed by atoms with E-state index in [1.807, 2.05) is 0 Å². The van der Waals surface area contributed by atoms with Crippen molar-refractivity contribution in [2.24, 2.45) is 0 Å². The van der Waals surface area contributed by atoms with Crippen molar-refractivity contribution < 1.29 is 15.0 Å². The predicted molar refractivity (Wildman–Crippen MR) is 56.9 cm³/mol. The third kappa shape index (κ3) is 2.70. The van der Waals surface area contributed by atoms with E-state index < -0.39 is 0 Å². The molecule has 1 amide bonds. The van der Waals surface area contributed by atoms with Crippen LogP contribution in [0.1, 0.15) is 15.9 Å². The molecule has 1 rings (SSSR count). The highest BCUT2D eigenvalue weighted by Gasteiger charge is 2.11. The van der Waals surface area contributed by atoms with Gasteiger partial charge in [-0.1, -0.05) is 0 Å².